The van der Waals surface area contributed by atoms with E-state index in [0.29, 0.717) is 34.6 Å². The smallest absolute Gasteiger partial charge is 0.205 e. The van der Waals surface area contributed by atoms with Crippen molar-refractivity contribution in [3.63, 3.8) is 0 Å². The summed E-state index contributed by atoms with van der Waals surface area (Å²) in [6.07, 6.45) is 0. The van der Waals surface area contributed by atoms with E-state index in [1.165, 1.54) is 7.11 Å². The van der Waals surface area contributed by atoms with Gasteiger partial charge in [0.15, 0.2) is 17.1 Å². The lowest BCUT2D eigenvalue weighted by molar-refractivity contribution is 0.103. The molecule has 3 aromatic rings. The van der Waals surface area contributed by atoms with Crippen LogP contribution in [0.15, 0.2) is 28.7 Å². The van der Waals surface area contributed by atoms with Crippen molar-refractivity contribution >= 4 is 22.6 Å². The van der Waals surface area contributed by atoms with Gasteiger partial charge in [-0.3, -0.25) is 4.79 Å². The van der Waals surface area contributed by atoms with E-state index in [9.17, 15) is 9.90 Å². The number of carbonyl (C=O) groups is 1. The number of hydrogen-bond donors (Lipinski definition) is 2. The number of likely N-dealkylation sites (N-methyl/N-ethyl adjacent to an activating group) is 1. The molecule has 0 aliphatic rings. The molecule has 166 valence electrons. The first-order valence-electron chi connectivity index (χ1n) is 9.80. The first kappa shape index (κ1) is 22.3. The van der Waals surface area contributed by atoms with Crippen molar-refractivity contribution in [3.8, 4) is 23.0 Å². The topological polar surface area (TPSA) is 93.4 Å². The first-order chi connectivity index (χ1) is 14.8. The predicted octanol–water partition coefficient (Wildman–Crippen LogP) is 3.68. The molecule has 0 radical (unpaired) electrons. The number of benzene rings is 2. The zero-order valence-electron chi connectivity index (χ0n) is 18.7. The lowest BCUT2D eigenvalue weighted by Gasteiger charge is -2.13. The van der Waals surface area contributed by atoms with Gasteiger partial charge < -0.3 is 34.0 Å². The molecule has 0 atom stereocenters. The maximum Gasteiger partial charge on any atom is 0.205 e. The van der Waals surface area contributed by atoms with Crippen molar-refractivity contribution in [3.05, 3.63) is 41.0 Å². The van der Waals surface area contributed by atoms with Gasteiger partial charge >= 0.3 is 0 Å². The number of nitrogens with one attached hydrogen (secondary N) is 1. The summed E-state index contributed by atoms with van der Waals surface area (Å²) >= 11 is 0. The van der Waals surface area contributed by atoms with Gasteiger partial charge in [0.1, 0.15) is 11.5 Å². The number of hydrogen-bond acceptors (Lipinski definition) is 8. The lowest BCUT2D eigenvalue weighted by atomic mass is 9.99. The van der Waals surface area contributed by atoms with E-state index in [1.807, 2.05) is 25.9 Å². The Morgan fingerprint density at radius 2 is 1.68 bits per heavy atom. The Kier molecular flexibility index (Phi) is 6.60. The van der Waals surface area contributed by atoms with E-state index < -0.39 is 0 Å². The highest BCUT2D eigenvalue weighted by Crippen LogP contribution is 2.42. The number of nitrogens with zero attached hydrogens (tertiary/aromatic N) is 1. The van der Waals surface area contributed by atoms with Gasteiger partial charge in [0, 0.05) is 29.6 Å². The van der Waals surface area contributed by atoms with Crippen molar-refractivity contribution in [1.29, 1.82) is 0 Å². The van der Waals surface area contributed by atoms with Crippen LogP contribution < -0.4 is 19.5 Å². The largest absolute Gasteiger partial charge is 0.502 e. The maximum atomic E-state index is 13.6. The molecule has 0 aliphatic carbocycles. The van der Waals surface area contributed by atoms with Crippen molar-refractivity contribution < 1.29 is 28.5 Å². The molecule has 0 saturated carbocycles. The third-order valence-corrected chi connectivity index (χ3v) is 5.10. The minimum Gasteiger partial charge on any atom is -0.502 e. The number of ether oxygens (including phenoxy) is 3. The second kappa shape index (κ2) is 9.18. The number of fused-ring (bicyclic) bond motifs is 1. The Balaban J connectivity index is 2.17. The van der Waals surface area contributed by atoms with E-state index in [0.717, 1.165) is 12.1 Å². The Morgan fingerprint density at radius 1 is 1.06 bits per heavy atom. The molecule has 0 aliphatic heterocycles. The van der Waals surface area contributed by atoms with Crippen LogP contribution in [0, 0.1) is 6.92 Å². The summed E-state index contributed by atoms with van der Waals surface area (Å²) in [5.41, 5.74) is 1.68. The molecule has 2 N–H and O–H groups in total. The molecule has 2 aromatic carbocycles. The predicted molar refractivity (Wildman–Crippen MR) is 119 cm³/mol. The van der Waals surface area contributed by atoms with Crippen LogP contribution in [0.25, 0.3) is 11.0 Å². The Bertz CT molecular complexity index is 1080. The number of furan rings is 1. The lowest BCUT2D eigenvalue weighted by Crippen LogP contribution is -2.21. The molecular weight excluding hydrogens is 400 g/mol. The fraction of sp³-hybridized carbons (Fsp3) is 0.348. The molecule has 1 heterocycles. The Morgan fingerprint density at radius 3 is 2.23 bits per heavy atom. The minimum absolute atomic E-state index is 0.159. The first-order valence-corrected chi connectivity index (χ1v) is 9.80. The van der Waals surface area contributed by atoms with Gasteiger partial charge in [-0.25, -0.2) is 0 Å². The molecule has 3 rings (SSSR count). The Labute approximate surface area is 181 Å². The van der Waals surface area contributed by atoms with E-state index >= 15 is 0 Å². The molecule has 0 saturated heterocycles. The van der Waals surface area contributed by atoms with Crippen LogP contribution in [-0.2, 0) is 0 Å². The van der Waals surface area contributed by atoms with Gasteiger partial charge in [0.25, 0.3) is 0 Å². The number of ketones is 1. The third kappa shape index (κ3) is 4.25. The van der Waals surface area contributed by atoms with E-state index in [1.54, 1.807) is 38.5 Å². The number of carbonyl (C=O) groups excluding carboxylic acids is 1. The van der Waals surface area contributed by atoms with Crippen LogP contribution in [0.5, 0.6) is 23.0 Å². The zero-order chi connectivity index (χ0) is 22.7. The number of aromatic hydroxyl groups is 1. The molecule has 0 spiro atoms. The number of anilines is 1. The van der Waals surface area contributed by atoms with Gasteiger partial charge in [-0.15, -0.1) is 0 Å². The summed E-state index contributed by atoms with van der Waals surface area (Å²) in [4.78, 5) is 15.6. The number of phenols is 1. The van der Waals surface area contributed by atoms with Crippen LogP contribution in [0.2, 0.25) is 0 Å². The third-order valence-electron chi connectivity index (χ3n) is 5.10. The SMILES string of the molecule is COc1cc(C(=O)c2c(NCCN(C)C)oc3c(O)c(OC)ccc23)cc(OC)c1C. The highest BCUT2D eigenvalue weighted by molar-refractivity contribution is 6.20. The average molecular weight is 428 g/mol. The van der Waals surface area contributed by atoms with Gasteiger partial charge in [0.05, 0.1) is 26.9 Å². The highest BCUT2D eigenvalue weighted by Gasteiger charge is 2.26. The van der Waals surface area contributed by atoms with Crippen LogP contribution in [0.3, 0.4) is 0 Å². The number of phenolic OH excluding ortho intramolecular Hbond substituents is 1. The summed E-state index contributed by atoms with van der Waals surface area (Å²) in [5.74, 6) is 1.19. The summed E-state index contributed by atoms with van der Waals surface area (Å²) in [6.45, 7) is 3.13. The minimum atomic E-state index is -0.285. The second-order valence-corrected chi connectivity index (χ2v) is 7.36. The monoisotopic (exact) mass is 428 g/mol. The molecule has 0 amide bonds. The molecule has 1 aromatic heterocycles. The highest BCUT2D eigenvalue weighted by atomic mass is 16.5. The van der Waals surface area contributed by atoms with Gasteiger partial charge in [-0.1, -0.05) is 0 Å². The second-order valence-electron chi connectivity index (χ2n) is 7.36. The average Bonchev–Trinajstić information content (AvgIpc) is 3.12. The van der Waals surface area contributed by atoms with Crippen LogP contribution >= 0.6 is 0 Å². The molecule has 0 unspecified atom stereocenters. The summed E-state index contributed by atoms with van der Waals surface area (Å²) in [7, 11) is 8.45. The van der Waals surface area contributed by atoms with Crippen molar-refractivity contribution in [2.24, 2.45) is 0 Å². The van der Waals surface area contributed by atoms with E-state index in [-0.39, 0.29) is 28.7 Å². The van der Waals surface area contributed by atoms with Crippen molar-refractivity contribution in [2.75, 3.05) is 53.8 Å². The summed E-state index contributed by atoms with van der Waals surface area (Å²) < 4.78 is 21.9. The zero-order valence-corrected chi connectivity index (χ0v) is 18.7. The van der Waals surface area contributed by atoms with E-state index in [4.69, 9.17) is 18.6 Å². The summed E-state index contributed by atoms with van der Waals surface area (Å²) in [5, 5.41) is 14.2. The molecular formula is C23H28N2O6. The molecule has 8 heteroatoms. The van der Waals surface area contributed by atoms with Crippen molar-refractivity contribution in [2.45, 2.75) is 6.92 Å². The fourth-order valence-corrected chi connectivity index (χ4v) is 3.40. The quantitative estimate of drug-likeness (QED) is 0.499. The van der Waals surface area contributed by atoms with Crippen LogP contribution in [0.4, 0.5) is 5.88 Å². The number of methoxy groups -OCH3 is 3. The Hall–Kier alpha value is -3.39. The van der Waals surface area contributed by atoms with Crippen molar-refractivity contribution in [1.82, 2.24) is 4.90 Å². The van der Waals surface area contributed by atoms with Gasteiger partial charge in [0.2, 0.25) is 11.6 Å². The molecule has 0 bridgehead atoms. The standard InChI is InChI=1S/C23H28N2O6/c1-13-17(29-5)11-14(12-18(13)30-6)20(26)19-15-7-8-16(28-4)21(27)22(15)31-23(19)24-9-10-25(2)3/h7-8,11-12,24,27H,9-10H2,1-6H3. The normalized spacial score (nSPS) is 11.1. The molecule has 31 heavy (non-hydrogen) atoms. The molecule has 0 fully saturated rings. The van der Waals surface area contributed by atoms with Crippen LogP contribution in [0.1, 0.15) is 21.5 Å². The van der Waals surface area contributed by atoms with Crippen LogP contribution in [-0.4, -0.2) is 64.3 Å². The molecule has 8 nitrogen and oxygen atoms in total. The van der Waals surface area contributed by atoms with Gasteiger partial charge in [-0.2, -0.15) is 0 Å². The van der Waals surface area contributed by atoms with E-state index in [2.05, 4.69) is 5.32 Å². The summed E-state index contributed by atoms with van der Waals surface area (Å²) in [6, 6.07) is 6.65. The maximum absolute atomic E-state index is 13.6. The number of rotatable bonds is 9. The fourth-order valence-electron chi connectivity index (χ4n) is 3.40. The van der Waals surface area contributed by atoms with Gasteiger partial charge in [-0.05, 0) is 45.3 Å².